The molecule has 2 bridgehead atoms. The van der Waals surface area contributed by atoms with Crippen molar-refractivity contribution in [1.82, 2.24) is 0 Å². The molecule has 3 fully saturated rings. The molecule has 0 amide bonds. The summed E-state index contributed by atoms with van der Waals surface area (Å²) in [6, 6.07) is 7.99. The van der Waals surface area contributed by atoms with E-state index in [-0.39, 0.29) is 29.7 Å². The molecule has 0 aromatic heterocycles. The lowest BCUT2D eigenvalue weighted by molar-refractivity contribution is -0.345. The molecule has 1 saturated heterocycles. The first-order valence-corrected chi connectivity index (χ1v) is 15.0. The fraction of sp³-hybridized carbons (Fsp3) is 0.636. The number of benzene rings is 1. The number of carbonyl (C=O) groups excluding carboxylic acids is 4. The Bertz CT molecular complexity index is 1420. The molecule has 13 nitrogen and oxygen atoms in total. The van der Waals surface area contributed by atoms with Gasteiger partial charge in [-0.15, -0.1) is 0 Å². The average molecular weight is 649 g/mol. The maximum atomic E-state index is 14.9. The minimum atomic E-state index is -2.19. The van der Waals surface area contributed by atoms with Gasteiger partial charge in [-0.05, 0) is 44.1 Å². The summed E-state index contributed by atoms with van der Waals surface area (Å²) in [5, 5.41) is 43.6. The van der Waals surface area contributed by atoms with Crippen LogP contribution in [0.4, 0.5) is 4.79 Å². The third-order valence-electron chi connectivity index (χ3n) is 10.7. The van der Waals surface area contributed by atoms with Crippen molar-refractivity contribution in [2.24, 2.45) is 16.7 Å². The van der Waals surface area contributed by atoms with Gasteiger partial charge in [0.2, 0.25) is 0 Å². The van der Waals surface area contributed by atoms with Crippen LogP contribution in [-0.2, 0) is 33.3 Å². The molecule has 1 aromatic rings. The number of fused-ring (bicyclic) bond motifs is 5. The first kappa shape index (κ1) is 35.5. The molecule has 13 heteroatoms. The molecule has 1 heterocycles. The van der Waals surface area contributed by atoms with Gasteiger partial charge in [0.05, 0.1) is 42.3 Å². The summed E-state index contributed by atoms with van der Waals surface area (Å²) >= 11 is 0. The summed E-state index contributed by atoms with van der Waals surface area (Å²) in [7, 11) is 2.10. The van der Waals surface area contributed by atoms with Gasteiger partial charge < -0.3 is 44.1 Å². The first-order valence-electron chi connectivity index (χ1n) is 15.0. The second-order valence-corrected chi connectivity index (χ2v) is 13.4. The van der Waals surface area contributed by atoms with E-state index in [9.17, 15) is 34.5 Å². The SMILES string of the molecule is CO.COC(=O)O[C@@]12CO[C@@H]1CC(O)[C@@]1(C)C(=O)[C@H](OC(C)=O)C3=C(C)[C@](C)(O)C[C@@](O)([C@@H](OC(=O)c4ccccc4)C12)C3(C)C. The molecule has 254 valence electrons. The number of ether oxygens (including phenoxy) is 5. The van der Waals surface area contributed by atoms with Crippen molar-refractivity contribution in [3.8, 4) is 0 Å². The predicted octanol–water partition coefficient (Wildman–Crippen LogP) is 1.87. The number of Topliss-reactive ketones (excluding diaryl/α,β-unsaturated/α-hetero) is 1. The molecule has 3 aliphatic carbocycles. The van der Waals surface area contributed by atoms with E-state index in [0.717, 1.165) is 21.1 Å². The van der Waals surface area contributed by atoms with E-state index in [1.807, 2.05) is 0 Å². The summed E-state index contributed by atoms with van der Waals surface area (Å²) in [6.45, 7) is 8.52. The second kappa shape index (κ2) is 12.0. The van der Waals surface area contributed by atoms with Crippen LogP contribution < -0.4 is 0 Å². The molecule has 2 unspecified atom stereocenters. The Labute approximate surface area is 267 Å². The number of aliphatic hydroxyl groups excluding tert-OH is 2. The standard InChI is InChI=1S/C32H40O12.CH4O/c1-16-21-22(42-17(2)33)24(35)30(6)19(34)13-20-31(15-41-20,44-27(37)40-7)23(30)25(43-26(36)18-11-9-8-10-12-18)32(39,28(21,3)4)14-29(16,5)38;1-2/h8-12,19-20,22-23,25,34,38-39H,13-15H2,1-7H3;2H,1H3/t19?,20-,22-,23?,25+,29-,30-,31+,32-;/m1./s1. The fourth-order valence-electron chi connectivity index (χ4n) is 8.07. The quantitative estimate of drug-likeness (QED) is 0.210. The average Bonchev–Trinajstić information content (AvgIpc) is 3.00. The molecular weight excluding hydrogens is 604 g/mol. The molecule has 46 heavy (non-hydrogen) atoms. The van der Waals surface area contributed by atoms with Gasteiger partial charge in [-0.1, -0.05) is 32.0 Å². The number of esters is 2. The van der Waals surface area contributed by atoms with Gasteiger partial charge in [-0.2, -0.15) is 0 Å². The Morgan fingerprint density at radius 3 is 2.13 bits per heavy atom. The van der Waals surface area contributed by atoms with Gasteiger partial charge in [-0.25, -0.2) is 9.59 Å². The van der Waals surface area contributed by atoms with E-state index in [2.05, 4.69) is 0 Å². The monoisotopic (exact) mass is 648 g/mol. The molecule has 0 spiro atoms. The molecule has 9 atom stereocenters. The highest BCUT2D eigenvalue weighted by molar-refractivity contribution is 5.95. The smallest absolute Gasteiger partial charge is 0.455 e. The zero-order valence-corrected chi connectivity index (χ0v) is 27.4. The number of rotatable bonds is 4. The van der Waals surface area contributed by atoms with E-state index in [1.165, 1.54) is 26.0 Å². The van der Waals surface area contributed by atoms with Gasteiger partial charge in [0.25, 0.3) is 0 Å². The Kier molecular flexibility index (Phi) is 9.27. The Hall–Kier alpha value is -3.36. The Morgan fingerprint density at radius 2 is 1.61 bits per heavy atom. The molecule has 4 aliphatic rings. The van der Waals surface area contributed by atoms with E-state index in [0.29, 0.717) is 0 Å². The van der Waals surface area contributed by atoms with Crippen LogP contribution in [0.15, 0.2) is 41.5 Å². The van der Waals surface area contributed by atoms with Crippen LogP contribution in [-0.4, -0.2) is 106 Å². The van der Waals surface area contributed by atoms with Gasteiger partial charge in [0.15, 0.2) is 17.5 Å². The summed E-state index contributed by atoms with van der Waals surface area (Å²) < 4.78 is 28.4. The largest absolute Gasteiger partial charge is 0.508 e. The maximum Gasteiger partial charge on any atom is 0.508 e. The van der Waals surface area contributed by atoms with Crippen molar-refractivity contribution >= 4 is 23.9 Å². The third-order valence-corrected chi connectivity index (χ3v) is 10.7. The number of carbonyl (C=O) groups is 4. The van der Waals surface area contributed by atoms with Crippen molar-refractivity contribution in [2.75, 3.05) is 20.8 Å². The van der Waals surface area contributed by atoms with Crippen molar-refractivity contribution < 1.29 is 63.3 Å². The molecule has 5 rings (SSSR count). The zero-order chi connectivity index (χ0) is 34.6. The van der Waals surface area contributed by atoms with Crippen LogP contribution in [0.1, 0.15) is 64.7 Å². The Morgan fingerprint density at radius 1 is 1.00 bits per heavy atom. The lowest BCUT2D eigenvalue weighted by Crippen LogP contribution is -2.82. The van der Waals surface area contributed by atoms with Crippen LogP contribution >= 0.6 is 0 Å². The number of methoxy groups -OCH3 is 1. The zero-order valence-electron chi connectivity index (χ0n) is 27.4. The molecular formula is C33H44O13. The van der Waals surface area contributed by atoms with Crippen LogP contribution in [0, 0.1) is 16.7 Å². The predicted molar refractivity (Wildman–Crippen MR) is 159 cm³/mol. The van der Waals surface area contributed by atoms with Gasteiger partial charge >= 0.3 is 18.1 Å². The van der Waals surface area contributed by atoms with Crippen molar-refractivity contribution in [3.05, 3.63) is 47.0 Å². The van der Waals surface area contributed by atoms with Crippen LogP contribution in [0.5, 0.6) is 0 Å². The maximum absolute atomic E-state index is 14.9. The lowest BCUT2D eigenvalue weighted by atomic mass is 9.44. The van der Waals surface area contributed by atoms with Crippen LogP contribution in [0.2, 0.25) is 0 Å². The van der Waals surface area contributed by atoms with E-state index < -0.39 is 88.3 Å². The minimum absolute atomic E-state index is 0.124. The third kappa shape index (κ3) is 5.03. The van der Waals surface area contributed by atoms with Crippen LogP contribution in [0.25, 0.3) is 0 Å². The minimum Gasteiger partial charge on any atom is -0.455 e. The summed E-state index contributed by atoms with van der Waals surface area (Å²) in [6.07, 6.45) is -7.46. The van der Waals surface area contributed by atoms with E-state index in [1.54, 1.807) is 39.0 Å². The van der Waals surface area contributed by atoms with Gasteiger partial charge in [-0.3, -0.25) is 9.59 Å². The Balaban J connectivity index is 0.00000235. The van der Waals surface area contributed by atoms with Crippen molar-refractivity contribution in [2.45, 2.75) is 95.6 Å². The molecule has 1 aromatic carbocycles. The van der Waals surface area contributed by atoms with Gasteiger partial charge in [0, 0.05) is 32.3 Å². The highest BCUT2D eigenvalue weighted by atomic mass is 16.8. The lowest BCUT2D eigenvalue weighted by Gasteiger charge is -2.67. The highest BCUT2D eigenvalue weighted by Crippen LogP contribution is 2.65. The van der Waals surface area contributed by atoms with E-state index in [4.69, 9.17) is 28.8 Å². The molecule has 4 N–H and O–H groups in total. The number of hydrogen-bond acceptors (Lipinski definition) is 13. The summed E-state index contributed by atoms with van der Waals surface area (Å²) in [5.74, 6) is -3.90. The normalized spacial score (nSPS) is 39.0. The highest BCUT2D eigenvalue weighted by Gasteiger charge is 2.79. The number of ketones is 1. The number of hydrogen-bond donors (Lipinski definition) is 4. The fourth-order valence-corrected chi connectivity index (χ4v) is 8.07. The van der Waals surface area contributed by atoms with Crippen molar-refractivity contribution in [1.29, 1.82) is 0 Å². The van der Waals surface area contributed by atoms with Crippen molar-refractivity contribution in [3.63, 3.8) is 0 Å². The number of aliphatic hydroxyl groups is 4. The first-order chi connectivity index (χ1) is 21.4. The molecule has 0 radical (unpaired) electrons. The molecule has 1 aliphatic heterocycles. The summed E-state index contributed by atoms with van der Waals surface area (Å²) in [4.78, 5) is 54.0. The van der Waals surface area contributed by atoms with E-state index >= 15 is 0 Å². The van der Waals surface area contributed by atoms with Crippen LogP contribution in [0.3, 0.4) is 0 Å². The second-order valence-electron chi connectivity index (χ2n) is 13.4. The molecule has 2 saturated carbocycles. The topological polar surface area (TPSA) is 195 Å². The summed E-state index contributed by atoms with van der Waals surface area (Å²) in [5.41, 5.74) is -8.59. The van der Waals surface area contributed by atoms with Gasteiger partial charge in [0.1, 0.15) is 17.8 Å².